The number of unbranched alkanes of at least 4 members (excludes halogenated alkanes) is 1. The minimum Gasteiger partial charge on any atom is -0.467 e. The third kappa shape index (κ3) is 7.32. The van der Waals surface area contributed by atoms with Crippen LogP contribution < -0.4 is 10.6 Å². The Labute approximate surface area is 147 Å². The van der Waals surface area contributed by atoms with Gasteiger partial charge in [-0.05, 0) is 24.1 Å². The molecule has 1 rings (SSSR count). The third-order valence-electron chi connectivity index (χ3n) is 3.67. The average Bonchev–Trinajstić information content (AvgIpc) is 2.56. The molecule has 0 heterocycles. The molecular formula is C18H25FN2O4. The molecule has 0 bridgehead atoms. The van der Waals surface area contributed by atoms with Crippen LogP contribution >= 0.6 is 0 Å². The summed E-state index contributed by atoms with van der Waals surface area (Å²) < 4.78 is 18.0. The predicted octanol–water partition coefficient (Wildman–Crippen LogP) is 1.72. The quantitative estimate of drug-likeness (QED) is 0.663. The molecule has 2 amide bonds. The fourth-order valence-corrected chi connectivity index (χ4v) is 2.43. The number of nitrogens with one attached hydrogen (secondary N) is 2. The van der Waals surface area contributed by atoms with E-state index in [-0.39, 0.29) is 12.3 Å². The van der Waals surface area contributed by atoms with Crippen molar-refractivity contribution in [2.24, 2.45) is 0 Å². The second-order valence-corrected chi connectivity index (χ2v) is 5.81. The maximum absolute atomic E-state index is 13.3. The Hall–Kier alpha value is -2.44. The maximum atomic E-state index is 13.3. The molecule has 0 aliphatic carbocycles. The van der Waals surface area contributed by atoms with E-state index >= 15 is 0 Å². The summed E-state index contributed by atoms with van der Waals surface area (Å²) in [6.07, 6.45) is 2.17. The first-order valence-corrected chi connectivity index (χ1v) is 8.27. The number of benzene rings is 1. The second-order valence-electron chi connectivity index (χ2n) is 5.81. The Morgan fingerprint density at radius 3 is 2.48 bits per heavy atom. The van der Waals surface area contributed by atoms with Crippen LogP contribution in [-0.2, 0) is 25.5 Å². The lowest BCUT2D eigenvalue weighted by atomic mass is 10.0. The highest BCUT2D eigenvalue weighted by molar-refractivity contribution is 5.90. The van der Waals surface area contributed by atoms with E-state index in [1.165, 1.54) is 32.2 Å². The number of hydrogen-bond acceptors (Lipinski definition) is 4. The van der Waals surface area contributed by atoms with E-state index in [2.05, 4.69) is 10.6 Å². The molecule has 1 aromatic rings. The fourth-order valence-electron chi connectivity index (χ4n) is 2.43. The minimum absolute atomic E-state index is 0.116. The number of carbonyl (C=O) groups excluding carboxylic acids is 3. The van der Waals surface area contributed by atoms with Crippen LogP contribution in [0.25, 0.3) is 0 Å². The molecule has 0 saturated heterocycles. The molecule has 0 aliphatic heterocycles. The van der Waals surface area contributed by atoms with E-state index in [1.54, 1.807) is 6.07 Å². The topological polar surface area (TPSA) is 84.5 Å². The smallest absolute Gasteiger partial charge is 0.328 e. The Kier molecular flexibility index (Phi) is 8.60. The Bertz CT molecular complexity index is 606. The van der Waals surface area contributed by atoms with Crippen LogP contribution in [0.5, 0.6) is 0 Å². The van der Waals surface area contributed by atoms with Gasteiger partial charge in [0, 0.05) is 13.3 Å². The standard InChI is InChI=1S/C18H25FN2O4/c1-4-5-9-15(18(24)25-3)21-17(23)16(20-12(2)22)11-13-7-6-8-14(19)10-13/h6-8,10,15-16H,4-5,9,11H2,1-3H3,(H,20,22)(H,21,23)/t15-,16-/m1/s1. The van der Waals surface area contributed by atoms with Crippen LogP contribution in [0.1, 0.15) is 38.7 Å². The number of halogens is 1. The summed E-state index contributed by atoms with van der Waals surface area (Å²) in [6, 6.07) is 4.12. The molecular weight excluding hydrogens is 327 g/mol. The van der Waals surface area contributed by atoms with Crippen LogP contribution in [-0.4, -0.2) is 37.0 Å². The molecule has 2 atom stereocenters. The summed E-state index contributed by atoms with van der Waals surface area (Å²) in [5.74, 6) is -1.85. The third-order valence-corrected chi connectivity index (χ3v) is 3.67. The van der Waals surface area contributed by atoms with Gasteiger partial charge in [-0.25, -0.2) is 9.18 Å². The number of hydrogen-bond donors (Lipinski definition) is 2. The van der Waals surface area contributed by atoms with E-state index in [9.17, 15) is 18.8 Å². The predicted molar refractivity (Wildman–Crippen MR) is 91.2 cm³/mol. The summed E-state index contributed by atoms with van der Waals surface area (Å²) in [7, 11) is 1.26. The van der Waals surface area contributed by atoms with Gasteiger partial charge in [0.25, 0.3) is 0 Å². The molecule has 0 radical (unpaired) electrons. The number of methoxy groups -OCH3 is 1. The summed E-state index contributed by atoms with van der Waals surface area (Å²) in [5.41, 5.74) is 0.567. The molecule has 7 heteroatoms. The van der Waals surface area contributed by atoms with E-state index in [4.69, 9.17) is 4.74 Å². The first kappa shape index (κ1) is 20.6. The highest BCUT2D eigenvalue weighted by Crippen LogP contribution is 2.08. The molecule has 0 spiro atoms. The van der Waals surface area contributed by atoms with Crippen LogP contribution in [0.15, 0.2) is 24.3 Å². The largest absolute Gasteiger partial charge is 0.467 e. The monoisotopic (exact) mass is 352 g/mol. The number of ether oxygens (including phenoxy) is 1. The van der Waals surface area contributed by atoms with Crippen molar-refractivity contribution < 1.29 is 23.5 Å². The Morgan fingerprint density at radius 1 is 1.20 bits per heavy atom. The minimum atomic E-state index is -0.909. The number of rotatable bonds is 9. The van der Waals surface area contributed by atoms with Crippen LogP contribution in [0, 0.1) is 5.82 Å². The van der Waals surface area contributed by atoms with Gasteiger partial charge in [0.15, 0.2) is 0 Å². The average molecular weight is 352 g/mol. The molecule has 2 N–H and O–H groups in total. The molecule has 0 aliphatic rings. The van der Waals surface area contributed by atoms with Crippen LogP contribution in [0.2, 0.25) is 0 Å². The van der Waals surface area contributed by atoms with Crippen molar-refractivity contribution >= 4 is 17.8 Å². The molecule has 6 nitrogen and oxygen atoms in total. The number of carbonyl (C=O) groups is 3. The summed E-state index contributed by atoms with van der Waals surface area (Å²) >= 11 is 0. The van der Waals surface area contributed by atoms with Crippen molar-refractivity contribution in [3.63, 3.8) is 0 Å². The van der Waals surface area contributed by atoms with Gasteiger partial charge >= 0.3 is 5.97 Å². The summed E-state index contributed by atoms with van der Waals surface area (Å²) in [4.78, 5) is 35.8. The van der Waals surface area contributed by atoms with Crippen molar-refractivity contribution in [2.75, 3.05) is 7.11 Å². The zero-order chi connectivity index (χ0) is 18.8. The van der Waals surface area contributed by atoms with Gasteiger partial charge in [0.1, 0.15) is 17.9 Å². The molecule has 0 fully saturated rings. The van der Waals surface area contributed by atoms with Crippen LogP contribution in [0.3, 0.4) is 0 Å². The maximum Gasteiger partial charge on any atom is 0.328 e. The molecule has 138 valence electrons. The van der Waals surface area contributed by atoms with E-state index in [0.717, 1.165) is 12.8 Å². The Balaban J connectivity index is 2.86. The normalized spacial score (nSPS) is 12.8. The van der Waals surface area contributed by atoms with Crippen molar-refractivity contribution in [1.82, 2.24) is 10.6 Å². The van der Waals surface area contributed by atoms with Gasteiger partial charge in [-0.3, -0.25) is 9.59 Å². The first-order valence-electron chi connectivity index (χ1n) is 8.27. The van der Waals surface area contributed by atoms with Gasteiger partial charge in [-0.15, -0.1) is 0 Å². The van der Waals surface area contributed by atoms with Crippen LogP contribution in [0.4, 0.5) is 4.39 Å². The number of amides is 2. The first-order chi connectivity index (χ1) is 11.9. The van der Waals surface area contributed by atoms with E-state index in [1.807, 2.05) is 6.92 Å². The van der Waals surface area contributed by atoms with E-state index < -0.39 is 29.8 Å². The highest BCUT2D eigenvalue weighted by Gasteiger charge is 2.26. The number of esters is 1. The lowest BCUT2D eigenvalue weighted by molar-refractivity contribution is -0.145. The van der Waals surface area contributed by atoms with Crippen molar-refractivity contribution in [3.05, 3.63) is 35.6 Å². The SMILES string of the molecule is CCCC[C@@H](NC(=O)[C@@H](Cc1cccc(F)c1)NC(C)=O)C(=O)OC. The molecule has 0 saturated carbocycles. The molecule has 1 aromatic carbocycles. The zero-order valence-electron chi connectivity index (χ0n) is 14.8. The van der Waals surface area contributed by atoms with Gasteiger partial charge in [0.05, 0.1) is 7.11 Å². The fraction of sp³-hybridized carbons (Fsp3) is 0.500. The van der Waals surface area contributed by atoms with Crippen molar-refractivity contribution in [2.45, 2.75) is 51.6 Å². The van der Waals surface area contributed by atoms with E-state index in [0.29, 0.717) is 12.0 Å². The summed E-state index contributed by atoms with van der Waals surface area (Å²) in [5, 5.41) is 5.16. The van der Waals surface area contributed by atoms with Crippen molar-refractivity contribution in [3.8, 4) is 0 Å². The van der Waals surface area contributed by atoms with Gasteiger partial charge in [0.2, 0.25) is 11.8 Å². The molecule has 0 unspecified atom stereocenters. The lowest BCUT2D eigenvalue weighted by Gasteiger charge is -2.22. The van der Waals surface area contributed by atoms with Gasteiger partial charge < -0.3 is 15.4 Å². The Morgan fingerprint density at radius 2 is 1.92 bits per heavy atom. The lowest BCUT2D eigenvalue weighted by Crippen LogP contribution is -2.52. The van der Waals surface area contributed by atoms with Gasteiger partial charge in [-0.1, -0.05) is 31.9 Å². The zero-order valence-corrected chi connectivity index (χ0v) is 14.8. The van der Waals surface area contributed by atoms with Crippen molar-refractivity contribution in [1.29, 1.82) is 0 Å². The molecule has 25 heavy (non-hydrogen) atoms. The highest BCUT2D eigenvalue weighted by atomic mass is 19.1. The summed E-state index contributed by atoms with van der Waals surface area (Å²) in [6.45, 7) is 3.26. The molecule has 0 aromatic heterocycles. The second kappa shape index (κ2) is 10.4. The van der Waals surface area contributed by atoms with Gasteiger partial charge in [-0.2, -0.15) is 0 Å².